The number of hydrogen-bond donors (Lipinski definition) is 2. The Labute approximate surface area is 255 Å². The number of pyridine rings is 2. The van der Waals surface area contributed by atoms with Gasteiger partial charge in [-0.2, -0.15) is 0 Å². The molecule has 40 heavy (non-hydrogen) atoms. The van der Waals surface area contributed by atoms with Crippen LogP contribution in [0.2, 0.25) is 0 Å². The average molecular weight is 727 g/mol. The maximum absolute atomic E-state index is 14.2. The molecule has 202 valence electrons. The van der Waals surface area contributed by atoms with Crippen LogP contribution >= 0.6 is 47.8 Å². The van der Waals surface area contributed by atoms with Crippen LogP contribution in [0.1, 0.15) is 34.0 Å². The summed E-state index contributed by atoms with van der Waals surface area (Å²) in [6, 6.07) is 24.6. The number of benzene rings is 3. The Morgan fingerprint density at radius 3 is 1.25 bits per heavy atom. The van der Waals surface area contributed by atoms with Crippen molar-refractivity contribution in [3.05, 3.63) is 147 Å². The van der Waals surface area contributed by atoms with Crippen LogP contribution < -0.4 is 11.1 Å². The van der Waals surface area contributed by atoms with Gasteiger partial charge in [-0.25, -0.2) is 0 Å². The molecule has 0 amide bonds. The molecular weight excluding hydrogens is 704 g/mol. The van der Waals surface area contributed by atoms with Crippen LogP contribution in [0.25, 0.3) is 11.4 Å². The molecule has 0 atom stereocenters. The first-order valence-electron chi connectivity index (χ1n) is 12.2. The van der Waals surface area contributed by atoms with E-state index in [9.17, 15) is 19.8 Å². The quantitative estimate of drug-likeness (QED) is 0.197. The van der Waals surface area contributed by atoms with Gasteiger partial charge in [-0.3, -0.25) is 18.7 Å². The number of aryl methyl sites for hydroxylation is 2. The van der Waals surface area contributed by atoms with Crippen LogP contribution in [-0.4, -0.2) is 19.3 Å². The van der Waals surface area contributed by atoms with E-state index in [1.54, 1.807) is 62.4 Å². The molecule has 0 aliphatic rings. The number of halogens is 3. The molecule has 0 aliphatic carbocycles. The zero-order valence-corrected chi connectivity index (χ0v) is 26.2. The second-order valence-electron chi connectivity index (χ2n) is 9.39. The van der Waals surface area contributed by atoms with Crippen molar-refractivity contribution in [1.82, 2.24) is 9.13 Å². The van der Waals surface area contributed by atoms with E-state index in [1.807, 2.05) is 24.3 Å². The van der Waals surface area contributed by atoms with E-state index in [4.69, 9.17) is 0 Å². The van der Waals surface area contributed by atoms with Crippen molar-refractivity contribution in [1.29, 1.82) is 0 Å². The van der Waals surface area contributed by atoms with Crippen LogP contribution in [-0.2, 0) is 0 Å². The fraction of sp³-hybridized carbons (Fsp3) is 0.0968. The third kappa shape index (κ3) is 5.21. The molecule has 0 saturated heterocycles. The summed E-state index contributed by atoms with van der Waals surface area (Å²) in [5.41, 5.74) is 1.75. The predicted molar refractivity (Wildman–Crippen MR) is 167 cm³/mol. The molecule has 2 N–H and O–H groups in total. The van der Waals surface area contributed by atoms with E-state index in [-0.39, 0.29) is 22.6 Å². The van der Waals surface area contributed by atoms with Crippen molar-refractivity contribution in [3.63, 3.8) is 0 Å². The highest BCUT2D eigenvalue weighted by molar-refractivity contribution is 9.11. The molecule has 0 bridgehead atoms. The minimum atomic E-state index is -1.07. The first kappa shape index (κ1) is 28.1. The smallest absolute Gasteiger partial charge is 0.263 e. The number of aromatic hydroxyl groups is 2. The normalized spacial score (nSPS) is 11.2. The molecule has 5 aromatic rings. The Morgan fingerprint density at radius 1 is 0.575 bits per heavy atom. The number of rotatable bonds is 5. The summed E-state index contributed by atoms with van der Waals surface area (Å²) in [5.74, 6) is -1.60. The molecule has 2 heterocycles. The van der Waals surface area contributed by atoms with Crippen LogP contribution in [0.4, 0.5) is 0 Å². The summed E-state index contributed by atoms with van der Waals surface area (Å²) in [6.45, 7) is 3.46. The molecule has 0 saturated carbocycles. The topological polar surface area (TPSA) is 84.5 Å². The Morgan fingerprint density at radius 2 is 0.900 bits per heavy atom. The van der Waals surface area contributed by atoms with E-state index in [0.29, 0.717) is 28.3 Å². The molecule has 0 radical (unpaired) electrons. The Bertz CT molecular complexity index is 1730. The van der Waals surface area contributed by atoms with Gasteiger partial charge in [0.15, 0.2) is 0 Å². The summed E-state index contributed by atoms with van der Waals surface area (Å²) in [7, 11) is 0. The van der Waals surface area contributed by atoms with Gasteiger partial charge in [0.25, 0.3) is 11.1 Å². The SMILES string of the molecule is Cc1cc(O)c(C(c2ccc(Br)cc2)c2c(O)cc(C)n(-c3ccc(Br)cc3)c2=O)c(=O)n1-c1ccc(Br)cc1. The van der Waals surface area contributed by atoms with Gasteiger partial charge in [0.05, 0.1) is 17.0 Å². The summed E-state index contributed by atoms with van der Waals surface area (Å²) in [6.07, 6.45) is 0. The van der Waals surface area contributed by atoms with Crippen LogP contribution in [0, 0.1) is 13.8 Å². The van der Waals surface area contributed by atoms with E-state index in [1.165, 1.54) is 21.3 Å². The average Bonchev–Trinajstić information content (AvgIpc) is 2.90. The third-order valence-electron chi connectivity index (χ3n) is 6.77. The van der Waals surface area contributed by atoms with Crippen molar-refractivity contribution in [2.75, 3.05) is 0 Å². The fourth-order valence-corrected chi connectivity index (χ4v) is 5.75. The lowest BCUT2D eigenvalue weighted by Crippen LogP contribution is -2.31. The van der Waals surface area contributed by atoms with Gasteiger partial charge in [-0.15, -0.1) is 0 Å². The summed E-state index contributed by atoms with van der Waals surface area (Å²) in [4.78, 5) is 28.4. The number of aromatic nitrogens is 2. The van der Waals surface area contributed by atoms with Crippen molar-refractivity contribution >= 4 is 47.8 Å². The Hall–Kier alpha value is -3.40. The molecule has 0 unspecified atom stereocenters. The highest BCUT2D eigenvalue weighted by Gasteiger charge is 2.31. The first-order valence-corrected chi connectivity index (χ1v) is 14.6. The molecular formula is C31H23Br3N2O4. The minimum absolute atomic E-state index is 0.0190. The standard InChI is InChI=1S/C31H23Br3N2O4/c1-17-15-25(37)28(30(39)35(17)23-11-7-21(33)8-12-23)27(19-3-5-20(32)6-4-19)29-26(38)16-18(2)36(31(29)40)24-13-9-22(34)10-14-24/h3-16,27,37-38H,1-2H3. The van der Waals surface area contributed by atoms with E-state index < -0.39 is 17.0 Å². The fourth-order valence-electron chi connectivity index (χ4n) is 4.96. The van der Waals surface area contributed by atoms with Gasteiger partial charge in [-0.1, -0.05) is 59.9 Å². The summed E-state index contributed by atoms with van der Waals surface area (Å²) >= 11 is 10.3. The second kappa shape index (κ2) is 11.2. The van der Waals surface area contributed by atoms with E-state index in [2.05, 4.69) is 47.8 Å². The lowest BCUT2D eigenvalue weighted by Gasteiger charge is -2.23. The van der Waals surface area contributed by atoms with Gasteiger partial charge in [0, 0.05) is 48.3 Å². The molecule has 0 aliphatic heterocycles. The van der Waals surface area contributed by atoms with Crippen molar-refractivity contribution < 1.29 is 10.2 Å². The van der Waals surface area contributed by atoms with Crippen molar-refractivity contribution in [2.45, 2.75) is 19.8 Å². The largest absolute Gasteiger partial charge is 0.507 e. The maximum atomic E-state index is 14.2. The summed E-state index contributed by atoms with van der Waals surface area (Å²) < 4.78 is 5.49. The zero-order chi connectivity index (χ0) is 28.7. The molecule has 0 spiro atoms. The molecule has 9 heteroatoms. The first-order chi connectivity index (χ1) is 19.1. The molecule has 3 aromatic carbocycles. The van der Waals surface area contributed by atoms with Crippen LogP contribution in [0.15, 0.2) is 108 Å². The van der Waals surface area contributed by atoms with Crippen molar-refractivity contribution in [3.8, 4) is 22.9 Å². The molecule has 0 fully saturated rings. The van der Waals surface area contributed by atoms with Gasteiger partial charge in [0.1, 0.15) is 11.5 Å². The Balaban J connectivity index is 1.86. The number of hydrogen-bond acceptors (Lipinski definition) is 4. The monoisotopic (exact) mass is 724 g/mol. The molecule has 6 nitrogen and oxygen atoms in total. The highest BCUT2D eigenvalue weighted by Crippen LogP contribution is 2.38. The van der Waals surface area contributed by atoms with E-state index >= 15 is 0 Å². The lowest BCUT2D eigenvalue weighted by atomic mass is 9.84. The minimum Gasteiger partial charge on any atom is -0.507 e. The van der Waals surface area contributed by atoms with Crippen LogP contribution in [0.5, 0.6) is 11.5 Å². The lowest BCUT2D eigenvalue weighted by molar-refractivity contribution is 0.453. The van der Waals surface area contributed by atoms with Gasteiger partial charge in [0.2, 0.25) is 0 Å². The molecule has 2 aromatic heterocycles. The van der Waals surface area contributed by atoms with Gasteiger partial charge >= 0.3 is 0 Å². The van der Waals surface area contributed by atoms with E-state index in [0.717, 1.165) is 13.4 Å². The molecule has 5 rings (SSSR count). The highest BCUT2D eigenvalue weighted by atomic mass is 79.9. The van der Waals surface area contributed by atoms with Crippen LogP contribution in [0.3, 0.4) is 0 Å². The van der Waals surface area contributed by atoms with Gasteiger partial charge in [-0.05, 0) is 80.1 Å². The third-order valence-corrected chi connectivity index (χ3v) is 8.35. The Kier molecular flexibility index (Phi) is 7.90. The predicted octanol–water partition coefficient (Wildman–Crippen LogP) is 7.48. The second-order valence-corrected chi connectivity index (χ2v) is 12.1. The van der Waals surface area contributed by atoms with Gasteiger partial charge < -0.3 is 10.2 Å². The number of nitrogens with zero attached hydrogens (tertiary/aromatic N) is 2. The van der Waals surface area contributed by atoms with Crippen molar-refractivity contribution in [2.24, 2.45) is 0 Å². The zero-order valence-electron chi connectivity index (χ0n) is 21.4. The maximum Gasteiger partial charge on any atom is 0.263 e. The summed E-state index contributed by atoms with van der Waals surface area (Å²) in [5, 5.41) is 22.5.